The van der Waals surface area contributed by atoms with E-state index in [1.807, 2.05) is 45.9 Å². The molecule has 0 aliphatic rings. The fourth-order valence-corrected chi connectivity index (χ4v) is 2.24. The van der Waals surface area contributed by atoms with Crippen molar-refractivity contribution in [2.24, 2.45) is 0 Å². The molecule has 0 aliphatic heterocycles. The van der Waals surface area contributed by atoms with E-state index in [2.05, 4.69) is 11.1 Å². The molecule has 0 saturated heterocycles. The van der Waals surface area contributed by atoms with Crippen LogP contribution in [0.4, 0.5) is 0 Å². The molecule has 94 valence electrons. The summed E-state index contributed by atoms with van der Waals surface area (Å²) in [6, 6.07) is 8.12. The average Bonchev–Trinajstić information content (AvgIpc) is 2.32. The van der Waals surface area contributed by atoms with Gasteiger partial charge < -0.3 is 5.11 Å². The number of benzene rings is 1. The first kappa shape index (κ1) is 12.8. The molecule has 0 bridgehead atoms. The topological polar surface area (TPSA) is 33.1 Å². The molecule has 2 heteroatoms. The van der Waals surface area contributed by atoms with E-state index in [9.17, 15) is 5.11 Å². The van der Waals surface area contributed by atoms with Crippen LogP contribution < -0.4 is 0 Å². The van der Waals surface area contributed by atoms with Crippen molar-refractivity contribution in [1.29, 1.82) is 0 Å². The number of hydrogen-bond donors (Lipinski definition) is 1. The molecule has 0 saturated carbocycles. The highest BCUT2D eigenvalue weighted by atomic mass is 16.3. The van der Waals surface area contributed by atoms with Gasteiger partial charge in [-0.3, -0.25) is 4.98 Å². The Morgan fingerprint density at radius 1 is 1.00 bits per heavy atom. The summed E-state index contributed by atoms with van der Waals surface area (Å²) in [4.78, 5) is 4.17. The maximum absolute atomic E-state index is 10.8. The van der Waals surface area contributed by atoms with Crippen LogP contribution in [0.3, 0.4) is 0 Å². The van der Waals surface area contributed by atoms with E-state index < -0.39 is 5.60 Å². The predicted octanol–water partition coefficient (Wildman–Crippen LogP) is 3.26. The van der Waals surface area contributed by atoms with E-state index in [0.29, 0.717) is 0 Å². The molecule has 2 aromatic rings. The molecule has 0 radical (unpaired) electrons. The van der Waals surface area contributed by atoms with Gasteiger partial charge in [0.25, 0.3) is 0 Å². The van der Waals surface area contributed by atoms with E-state index in [1.54, 1.807) is 12.4 Å². The molecule has 1 N–H and O–H groups in total. The second kappa shape index (κ2) is 4.54. The Kier molecular flexibility index (Phi) is 3.22. The summed E-state index contributed by atoms with van der Waals surface area (Å²) in [5.41, 5.74) is 4.06. The number of rotatable bonds is 2. The summed E-state index contributed by atoms with van der Waals surface area (Å²) in [6.07, 6.45) is 3.53. The van der Waals surface area contributed by atoms with Gasteiger partial charge >= 0.3 is 0 Å². The minimum atomic E-state index is -1.00. The van der Waals surface area contributed by atoms with Crippen LogP contribution in [0.2, 0.25) is 0 Å². The van der Waals surface area contributed by atoms with Crippen molar-refractivity contribution in [1.82, 2.24) is 4.98 Å². The zero-order valence-corrected chi connectivity index (χ0v) is 11.4. The normalized spacial score (nSPS) is 14.3. The van der Waals surface area contributed by atoms with Crippen LogP contribution in [0.15, 0.2) is 36.7 Å². The van der Waals surface area contributed by atoms with Crippen molar-refractivity contribution in [3.8, 4) is 0 Å². The summed E-state index contributed by atoms with van der Waals surface area (Å²) in [7, 11) is 0. The predicted molar refractivity (Wildman–Crippen MR) is 73.6 cm³/mol. The largest absolute Gasteiger partial charge is 0.381 e. The Hall–Kier alpha value is -1.67. The monoisotopic (exact) mass is 241 g/mol. The highest BCUT2D eigenvalue weighted by Gasteiger charge is 2.27. The lowest BCUT2D eigenvalue weighted by Gasteiger charge is -2.26. The van der Waals surface area contributed by atoms with Crippen LogP contribution in [0.1, 0.15) is 34.7 Å². The molecule has 0 aliphatic carbocycles. The van der Waals surface area contributed by atoms with Gasteiger partial charge in [0.1, 0.15) is 5.60 Å². The molecule has 2 rings (SSSR count). The maximum Gasteiger partial charge on any atom is 0.114 e. The Bertz CT molecular complexity index is 573. The van der Waals surface area contributed by atoms with Crippen LogP contribution in [0, 0.1) is 20.8 Å². The molecular weight excluding hydrogens is 222 g/mol. The molecule has 1 atom stereocenters. The Balaban J connectivity index is 2.57. The third kappa shape index (κ3) is 2.29. The SMILES string of the molecule is Cc1cncc(C(C)(O)c2cc(C)ccc2C)c1. The van der Waals surface area contributed by atoms with Crippen molar-refractivity contribution in [2.75, 3.05) is 0 Å². The van der Waals surface area contributed by atoms with E-state index in [1.165, 1.54) is 0 Å². The van der Waals surface area contributed by atoms with E-state index >= 15 is 0 Å². The zero-order chi connectivity index (χ0) is 13.3. The number of aryl methyl sites for hydroxylation is 3. The highest BCUT2D eigenvalue weighted by molar-refractivity contribution is 5.41. The van der Waals surface area contributed by atoms with Gasteiger partial charge in [-0.25, -0.2) is 0 Å². The first-order chi connectivity index (χ1) is 8.41. The van der Waals surface area contributed by atoms with Gasteiger partial charge in [-0.05, 0) is 50.5 Å². The lowest BCUT2D eigenvalue weighted by atomic mass is 9.85. The van der Waals surface area contributed by atoms with Crippen molar-refractivity contribution >= 4 is 0 Å². The number of aromatic nitrogens is 1. The quantitative estimate of drug-likeness (QED) is 0.875. The second-order valence-corrected chi connectivity index (χ2v) is 5.14. The molecule has 0 spiro atoms. The van der Waals surface area contributed by atoms with Crippen LogP contribution in [0.5, 0.6) is 0 Å². The number of hydrogen-bond acceptors (Lipinski definition) is 2. The van der Waals surface area contributed by atoms with Gasteiger partial charge in [-0.1, -0.05) is 23.8 Å². The van der Waals surface area contributed by atoms with Crippen LogP contribution >= 0.6 is 0 Å². The Morgan fingerprint density at radius 2 is 1.72 bits per heavy atom. The molecule has 18 heavy (non-hydrogen) atoms. The van der Waals surface area contributed by atoms with Gasteiger partial charge in [0, 0.05) is 18.0 Å². The number of aliphatic hydroxyl groups is 1. The zero-order valence-electron chi connectivity index (χ0n) is 11.4. The van der Waals surface area contributed by atoms with Gasteiger partial charge in [0.2, 0.25) is 0 Å². The highest BCUT2D eigenvalue weighted by Crippen LogP contribution is 2.31. The molecule has 2 nitrogen and oxygen atoms in total. The van der Waals surface area contributed by atoms with Crippen molar-refractivity contribution in [3.63, 3.8) is 0 Å². The molecule has 0 amide bonds. The average molecular weight is 241 g/mol. The smallest absolute Gasteiger partial charge is 0.114 e. The Labute approximate surface area is 108 Å². The summed E-state index contributed by atoms with van der Waals surface area (Å²) in [6.45, 7) is 7.86. The fourth-order valence-electron chi connectivity index (χ4n) is 2.24. The van der Waals surface area contributed by atoms with Crippen LogP contribution in [-0.4, -0.2) is 10.1 Å². The maximum atomic E-state index is 10.8. The van der Waals surface area contributed by atoms with Crippen molar-refractivity contribution in [3.05, 3.63) is 64.5 Å². The van der Waals surface area contributed by atoms with E-state index in [4.69, 9.17) is 0 Å². The Morgan fingerprint density at radius 3 is 2.39 bits per heavy atom. The molecule has 1 aromatic heterocycles. The molecule has 1 aromatic carbocycles. The van der Waals surface area contributed by atoms with Gasteiger partial charge in [-0.15, -0.1) is 0 Å². The molecular formula is C16H19NO. The van der Waals surface area contributed by atoms with Crippen molar-refractivity contribution < 1.29 is 5.11 Å². The summed E-state index contributed by atoms with van der Waals surface area (Å²) >= 11 is 0. The van der Waals surface area contributed by atoms with Crippen LogP contribution in [0.25, 0.3) is 0 Å². The lowest BCUT2D eigenvalue weighted by Crippen LogP contribution is -2.24. The molecule has 1 unspecified atom stereocenters. The summed E-state index contributed by atoms with van der Waals surface area (Å²) < 4.78 is 0. The minimum Gasteiger partial charge on any atom is -0.381 e. The number of nitrogens with zero attached hydrogens (tertiary/aromatic N) is 1. The van der Waals surface area contributed by atoms with Gasteiger partial charge in [0.05, 0.1) is 0 Å². The van der Waals surface area contributed by atoms with Gasteiger partial charge in [-0.2, -0.15) is 0 Å². The summed E-state index contributed by atoms with van der Waals surface area (Å²) in [5.74, 6) is 0. The first-order valence-electron chi connectivity index (χ1n) is 6.13. The van der Waals surface area contributed by atoms with Crippen LogP contribution in [-0.2, 0) is 5.60 Å². The van der Waals surface area contributed by atoms with Gasteiger partial charge in [0.15, 0.2) is 0 Å². The van der Waals surface area contributed by atoms with Crippen molar-refractivity contribution in [2.45, 2.75) is 33.3 Å². The first-order valence-corrected chi connectivity index (χ1v) is 6.13. The van der Waals surface area contributed by atoms with E-state index in [0.717, 1.165) is 27.8 Å². The fraction of sp³-hybridized carbons (Fsp3) is 0.312. The van der Waals surface area contributed by atoms with E-state index in [-0.39, 0.29) is 0 Å². The third-order valence-corrected chi connectivity index (χ3v) is 3.35. The molecule has 0 fully saturated rings. The standard InChI is InChI=1S/C16H19NO/c1-11-5-6-13(3)15(8-11)16(4,18)14-7-12(2)9-17-10-14/h5-10,18H,1-4H3. The number of pyridine rings is 1. The molecule has 1 heterocycles. The minimum absolute atomic E-state index is 0.830. The lowest BCUT2D eigenvalue weighted by molar-refractivity contribution is 0.101. The second-order valence-electron chi connectivity index (χ2n) is 5.14. The summed E-state index contributed by atoms with van der Waals surface area (Å²) in [5, 5.41) is 10.8. The third-order valence-electron chi connectivity index (χ3n) is 3.35.